The van der Waals surface area contributed by atoms with Crippen LogP contribution in [0.15, 0.2) is 24.3 Å². The fourth-order valence-corrected chi connectivity index (χ4v) is 8.55. The van der Waals surface area contributed by atoms with Crippen molar-refractivity contribution in [2.45, 2.75) is 269 Å². The van der Waals surface area contributed by atoms with Crippen molar-refractivity contribution in [2.75, 3.05) is 13.2 Å². The Balaban J connectivity index is 2.47. The number of allylic oxidation sites excluding steroid dienone is 3. The minimum atomic E-state index is -5.09. The Bertz CT molecular complexity index is 1200. The average Bonchev–Trinajstić information content (AvgIpc) is 3.24. The zero-order valence-electron chi connectivity index (χ0n) is 39.2. The number of aliphatic hydroxyl groups is 4. The molecule has 1 rings (SSSR count). The van der Waals surface area contributed by atoms with Gasteiger partial charge in [-0.1, -0.05) is 199 Å². The lowest BCUT2D eigenvalue weighted by molar-refractivity contribution is -0.298. The van der Waals surface area contributed by atoms with Crippen LogP contribution >= 0.6 is 0 Å². The van der Waals surface area contributed by atoms with Gasteiger partial charge in [-0.3, -0.25) is 9.35 Å². The van der Waals surface area contributed by atoms with E-state index in [0.717, 1.165) is 44.9 Å². The van der Waals surface area contributed by atoms with Crippen LogP contribution in [0.4, 0.5) is 0 Å². The van der Waals surface area contributed by atoms with Crippen molar-refractivity contribution >= 4 is 16.3 Å². The number of rotatable bonds is 43. The van der Waals surface area contributed by atoms with Crippen molar-refractivity contribution in [3.63, 3.8) is 0 Å². The van der Waals surface area contributed by atoms with E-state index in [1.807, 2.05) is 6.08 Å². The highest BCUT2D eigenvalue weighted by Crippen LogP contribution is 2.26. The molecule has 1 heterocycles. The van der Waals surface area contributed by atoms with Gasteiger partial charge in [0.25, 0.3) is 0 Å². The molecule has 0 aromatic carbocycles. The van der Waals surface area contributed by atoms with Crippen LogP contribution < -0.4 is 5.32 Å². The number of nitrogens with one attached hydrogen (secondary N) is 1. The van der Waals surface area contributed by atoms with E-state index in [4.69, 9.17) is 9.47 Å². The van der Waals surface area contributed by atoms with Crippen LogP contribution in [-0.4, -0.2) is 95.4 Å². The molecule has 0 spiro atoms. The zero-order chi connectivity index (χ0) is 45.5. The summed E-state index contributed by atoms with van der Waals surface area (Å²) < 4.78 is 47.7. The molecule has 6 N–H and O–H groups in total. The third-order valence-electron chi connectivity index (χ3n) is 12.0. The van der Waals surface area contributed by atoms with Crippen molar-refractivity contribution in [3.05, 3.63) is 24.3 Å². The Morgan fingerprint density at radius 2 is 1.03 bits per heavy atom. The van der Waals surface area contributed by atoms with Gasteiger partial charge in [-0.05, 0) is 44.9 Å². The molecule has 7 atom stereocenters. The Morgan fingerprint density at radius 3 is 1.45 bits per heavy atom. The summed E-state index contributed by atoms with van der Waals surface area (Å²) in [5.41, 5.74) is 0. The summed E-state index contributed by atoms with van der Waals surface area (Å²) in [6.45, 7) is 3.40. The molecule has 0 aromatic rings. The quantitative estimate of drug-likeness (QED) is 0.0194. The zero-order valence-corrected chi connectivity index (χ0v) is 40.0. The molecule has 1 saturated heterocycles. The molecular weight excluding hydrogens is 811 g/mol. The minimum absolute atomic E-state index is 0.265. The molecule has 1 aliphatic heterocycles. The maximum Gasteiger partial charge on any atom is 0.397 e. The largest absolute Gasteiger partial charge is 0.397 e. The molecule has 12 nitrogen and oxygen atoms in total. The maximum atomic E-state index is 13.1. The van der Waals surface area contributed by atoms with E-state index >= 15 is 0 Å². The van der Waals surface area contributed by atoms with Gasteiger partial charge in [-0.15, -0.1) is 0 Å². The molecule has 1 fully saturated rings. The summed E-state index contributed by atoms with van der Waals surface area (Å²) in [4.78, 5) is 13.1. The van der Waals surface area contributed by atoms with E-state index in [1.54, 1.807) is 6.08 Å². The molecule has 0 radical (unpaired) electrons. The molecule has 13 heteroatoms. The molecular formula is C49H93NO11S. The Hall–Kier alpha value is -1.42. The Kier molecular flexibility index (Phi) is 37.7. The average molecular weight is 904 g/mol. The molecule has 0 aliphatic carbocycles. The van der Waals surface area contributed by atoms with Gasteiger partial charge in [0.2, 0.25) is 5.91 Å². The van der Waals surface area contributed by atoms with Crippen LogP contribution in [0.1, 0.15) is 226 Å². The lowest BCUT2D eigenvalue weighted by atomic mass is 9.99. The summed E-state index contributed by atoms with van der Waals surface area (Å²) in [6, 6.07) is -0.944. The summed E-state index contributed by atoms with van der Waals surface area (Å²) >= 11 is 0. The Morgan fingerprint density at radius 1 is 0.629 bits per heavy atom. The van der Waals surface area contributed by atoms with E-state index in [0.29, 0.717) is 6.42 Å². The molecule has 1 aliphatic rings. The number of carbonyl (C=O) groups is 1. The van der Waals surface area contributed by atoms with Gasteiger partial charge in [0.15, 0.2) is 6.29 Å². The number of amides is 1. The molecule has 0 saturated carbocycles. The van der Waals surface area contributed by atoms with Gasteiger partial charge in [0.05, 0.1) is 25.4 Å². The summed E-state index contributed by atoms with van der Waals surface area (Å²) in [6.07, 6.45) is 37.8. The fraction of sp³-hybridized carbons (Fsp3) is 0.898. The first-order valence-electron chi connectivity index (χ1n) is 25.2. The van der Waals surface area contributed by atoms with Crippen molar-refractivity contribution in [1.82, 2.24) is 5.32 Å². The second kappa shape index (κ2) is 39.9. The van der Waals surface area contributed by atoms with Gasteiger partial charge in [0, 0.05) is 6.42 Å². The van der Waals surface area contributed by atoms with Crippen LogP contribution in [0, 0.1) is 0 Å². The number of unbranched alkanes of at least 4 members (excludes halogenated alkanes) is 29. The number of ether oxygens (including phenoxy) is 2. The first-order valence-corrected chi connectivity index (χ1v) is 26.6. The molecule has 7 unspecified atom stereocenters. The summed E-state index contributed by atoms with van der Waals surface area (Å²) in [7, 11) is -5.09. The van der Waals surface area contributed by atoms with E-state index in [1.165, 1.54) is 154 Å². The molecule has 1 amide bonds. The topological polar surface area (TPSA) is 192 Å². The highest BCUT2D eigenvalue weighted by atomic mass is 32.3. The van der Waals surface area contributed by atoms with Gasteiger partial charge in [-0.25, -0.2) is 4.18 Å². The molecule has 0 bridgehead atoms. The summed E-state index contributed by atoms with van der Waals surface area (Å²) in [5, 5.41) is 44.8. The lowest BCUT2D eigenvalue weighted by Gasteiger charge is -2.41. The monoisotopic (exact) mass is 904 g/mol. The number of hydrogen-bond donors (Lipinski definition) is 6. The van der Waals surface area contributed by atoms with Crippen LogP contribution in [0.3, 0.4) is 0 Å². The second-order valence-corrected chi connectivity index (χ2v) is 18.8. The molecule has 62 heavy (non-hydrogen) atoms. The van der Waals surface area contributed by atoms with Crippen LogP contribution in [0.2, 0.25) is 0 Å². The molecule has 366 valence electrons. The third-order valence-corrected chi connectivity index (χ3v) is 12.4. The van der Waals surface area contributed by atoms with Crippen molar-refractivity contribution < 1.29 is 51.8 Å². The molecule has 0 aromatic heterocycles. The smallest absolute Gasteiger partial charge is 0.394 e. The van der Waals surface area contributed by atoms with E-state index in [9.17, 15) is 38.2 Å². The SMILES string of the molecule is CCCCCCCCCC/C=C\CCCCCCCCCC(=O)NC(COC1OC(CO)C(O)C(OS(=O)(=O)O)C1O)C(O)/C=C/CCCCCCCCCCCCCCCC. The van der Waals surface area contributed by atoms with Crippen molar-refractivity contribution in [3.8, 4) is 0 Å². The van der Waals surface area contributed by atoms with Crippen molar-refractivity contribution in [1.29, 1.82) is 0 Å². The summed E-state index contributed by atoms with van der Waals surface area (Å²) in [5.74, 6) is -0.266. The van der Waals surface area contributed by atoms with Gasteiger partial charge < -0.3 is 35.2 Å². The third kappa shape index (κ3) is 32.3. The number of aliphatic hydroxyl groups excluding tert-OH is 4. The normalized spacial score (nSPS) is 20.7. The predicted molar refractivity (Wildman–Crippen MR) is 250 cm³/mol. The van der Waals surface area contributed by atoms with E-state index in [2.05, 4.69) is 35.5 Å². The standard InChI is InChI=1S/C49H93NO11S/c1-3-5-7-9-11-13-15-17-19-21-22-23-25-27-29-31-33-35-37-39-45(53)50-42(41-59-49-47(55)48(61-62(56,57)58)46(54)44(40-51)60-49)43(52)38-36-34-32-30-28-26-24-20-18-16-14-12-10-8-6-4-2/h21-22,36,38,42-44,46-49,51-52,54-55H,3-20,23-35,37,39-41H2,1-2H3,(H,50,53)(H,56,57,58)/b22-21-,38-36+. The highest BCUT2D eigenvalue weighted by Gasteiger charge is 2.48. The predicted octanol–water partition coefficient (Wildman–Crippen LogP) is 10.5. The van der Waals surface area contributed by atoms with Crippen LogP contribution in [0.25, 0.3) is 0 Å². The van der Waals surface area contributed by atoms with Crippen LogP contribution in [0.5, 0.6) is 0 Å². The number of carbonyl (C=O) groups excluding carboxylic acids is 1. The van der Waals surface area contributed by atoms with Gasteiger partial charge >= 0.3 is 10.4 Å². The first kappa shape index (κ1) is 58.6. The fourth-order valence-electron chi connectivity index (χ4n) is 8.04. The maximum absolute atomic E-state index is 13.1. The Labute approximate surface area is 378 Å². The lowest BCUT2D eigenvalue weighted by Crippen LogP contribution is -2.61. The number of hydrogen-bond acceptors (Lipinski definition) is 10. The van der Waals surface area contributed by atoms with Crippen molar-refractivity contribution in [2.24, 2.45) is 0 Å². The van der Waals surface area contributed by atoms with Gasteiger partial charge in [-0.2, -0.15) is 8.42 Å². The highest BCUT2D eigenvalue weighted by molar-refractivity contribution is 7.80. The first-order chi connectivity index (χ1) is 30.0. The second-order valence-electron chi connectivity index (χ2n) is 17.8. The van der Waals surface area contributed by atoms with E-state index in [-0.39, 0.29) is 18.9 Å². The minimum Gasteiger partial charge on any atom is -0.394 e. The van der Waals surface area contributed by atoms with E-state index < -0.39 is 59.9 Å². The van der Waals surface area contributed by atoms with Gasteiger partial charge in [0.1, 0.15) is 24.4 Å². The van der Waals surface area contributed by atoms with Crippen LogP contribution in [-0.2, 0) is 28.9 Å².